The molecule has 0 N–H and O–H groups in total. The van der Waals surface area contributed by atoms with Crippen molar-refractivity contribution in [1.29, 1.82) is 0 Å². The van der Waals surface area contributed by atoms with Crippen molar-refractivity contribution in [2.45, 2.75) is 0 Å². The quantitative estimate of drug-likeness (QED) is 0.318. The molecule has 23 heavy (non-hydrogen) atoms. The van der Waals surface area contributed by atoms with Crippen molar-refractivity contribution in [3.05, 3.63) is 70.7 Å². The van der Waals surface area contributed by atoms with E-state index in [1.165, 1.54) is 5.52 Å². The summed E-state index contributed by atoms with van der Waals surface area (Å²) in [6, 6.07) is 9.96. The topological polar surface area (TPSA) is 47.0 Å². The summed E-state index contributed by atoms with van der Waals surface area (Å²) in [6.07, 6.45) is 9.09. The maximum Gasteiger partial charge on any atom is 0.0990 e. The van der Waals surface area contributed by atoms with Crippen LogP contribution in [0.15, 0.2) is 75.0 Å². The molecule has 0 saturated carbocycles. The maximum absolute atomic E-state index is 4.34. The molecule has 115 valence electrons. The largest absolute Gasteiger partial charge is 0.308 e. The van der Waals surface area contributed by atoms with Crippen LogP contribution in [-0.2, 0) is 0 Å². The molecule has 0 spiro atoms. The Morgan fingerprint density at radius 1 is 1.09 bits per heavy atom. The predicted molar refractivity (Wildman–Crippen MR) is 103 cm³/mol. The van der Waals surface area contributed by atoms with E-state index < -0.39 is 0 Å². The molecule has 0 aliphatic carbocycles. The molecule has 0 aliphatic heterocycles. The van der Waals surface area contributed by atoms with Gasteiger partial charge < -0.3 is 4.40 Å². The van der Waals surface area contributed by atoms with Crippen LogP contribution in [0.4, 0.5) is 0 Å². The Balaban J connectivity index is 0.000000145. The van der Waals surface area contributed by atoms with Gasteiger partial charge in [0.1, 0.15) is 0 Å². The fraction of sp³-hybridized carbons (Fsp3) is 0. The van der Waals surface area contributed by atoms with Gasteiger partial charge in [-0.3, -0.25) is 4.40 Å². The molecule has 0 fully saturated rings. The van der Waals surface area contributed by atoms with Crippen LogP contribution in [0.1, 0.15) is 0 Å². The Bertz CT molecular complexity index is 842. The number of fused-ring (bicyclic) bond motifs is 2. The molecule has 9 heteroatoms. The second kappa shape index (κ2) is 9.00. The van der Waals surface area contributed by atoms with Crippen molar-refractivity contribution in [1.82, 2.24) is 18.8 Å². The molecule has 4 rings (SSSR count). The standard InChI is InChI=1S/C7H4Br2N2.C7H6N2.BHNS/c8-5-3-7(9)11-4-10-2-1-6(5)11;1-2-7-3-4-8-6-9(7)5-1;1-2-3/h1-4H;1-6H;3H. The van der Waals surface area contributed by atoms with Gasteiger partial charge in [0.15, 0.2) is 0 Å². The van der Waals surface area contributed by atoms with Crippen LogP contribution in [0.5, 0.6) is 0 Å². The van der Waals surface area contributed by atoms with E-state index in [1.807, 2.05) is 45.3 Å². The first-order valence-electron chi connectivity index (χ1n) is 6.34. The Morgan fingerprint density at radius 3 is 2.48 bits per heavy atom. The van der Waals surface area contributed by atoms with Crippen molar-refractivity contribution >= 4 is 63.3 Å². The van der Waals surface area contributed by atoms with E-state index >= 15 is 0 Å². The number of nitrogens with zero attached hydrogens (tertiary/aromatic N) is 5. The summed E-state index contributed by atoms with van der Waals surface area (Å²) in [6.45, 7) is 0. The van der Waals surface area contributed by atoms with Gasteiger partial charge in [-0.15, -0.1) is 0 Å². The van der Waals surface area contributed by atoms with Crippen molar-refractivity contribution < 1.29 is 0 Å². The number of aromatic nitrogens is 4. The van der Waals surface area contributed by atoms with Gasteiger partial charge in [0.2, 0.25) is 0 Å². The normalized spacial score (nSPS) is 9.65. The third-order valence-corrected chi connectivity index (χ3v) is 4.06. The summed E-state index contributed by atoms with van der Waals surface area (Å²) >= 11 is 10.0. The van der Waals surface area contributed by atoms with Gasteiger partial charge in [0.25, 0.3) is 0 Å². The minimum Gasteiger partial charge on any atom is -0.308 e. The molecule has 0 aliphatic rings. The summed E-state index contributed by atoms with van der Waals surface area (Å²) in [5, 5.41) is 0. The molecular formula is C14H11BBr2N5S. The first-order chi connectivity index (χ1) is 11.2. The summed E-state index contributed by atoms with van der Waals surface area (Å²) in [7, 11) is 4.34. The molecule has 0 saturated heterocycles. The third-order valence-electron chi connectivity index (χ3n) is 2.82. The number of thiol groups is 1. The molecule has 4 aromatic rings. The maximum atomic E-state index is 4.34. The molecule has 4 heterocycles. The zero-order chi connectivity index (χ0) is 16.7. The molecule has 4 aromatic heterocycles. The van der Waals surface area contributed by atoms with Crippen LogP contribution >= 0.6 is 44.7 Å². The van der Waals surface area contributed by atoms with Crippen molar-refractivity contribution in [2.24, 2.45) is 4.30 Å². The summed E-state index contributed by atoms with van der Waals surface area (Å²) in [5.41, 5.74) is 2.30. The first kappa shape index (κ1) is 17.9. The molecular weight excluding hydrogens is 441 g/mol. The number of halogens is 2. The Kier molecular flexibility index (Phi) is 7.00. The van der Waals surface area contributed by atoms with E-state index in [0.717, 1.165) is 14.6 Å². The predicted octanol–water partition coefficient (Wildman–Crippen LogP) is 4.38. The van der Waals surface area contributed by atoms with Gasteiger partial charge in [-0.05, 0) is 62.2 Å². The van der Waals surface area contributed by atoms with Gasteiger partial charge in [0, 0.05) is 28.6 Å². The fourth-order valence-corrected chi connectivity index (χ4v) is 3.22. The minimum absolute atomic E-state index is 1.01. The van der Waals surface area contributed by atoms with Crippen molar-refractivity contribution in [3.63, 3.8) is 0 Å². The van der Waals surface area contributed by atoms with E-state index in [2.05, 4.69) is 66.6 Å². The van der Waals surface area contributed by atoms with E-state index in [9.17, 15) is 0 Å². The van der Waals surface area contributed by atoms with Crippen LogP contribution in [0.2, 0.25) is 0 Å². The molecule has 0 unspecified atom stereocenters. The van der Waals surface area contributed by atoms with E-state index in [4.69, 9.17) is 0 Å². The van der Waals surface area contributed by atoms with Crippen LogP contribution in [0.3, 0.4) is 0 Å². The van der Waals surface area contributed by atoms with Gasteiger partial charge in [-0.25, -0.2) is 9.97 Å². The van der Waals surface area contributed by atoms with Gasteiger partial charge in [-0.2, -0.15) is 0 Å². The third kappa shape index (κ3) is 4.76. The first-order valence-corrected chi connectivity index (χ1v) is 8.33. The zero-order valence-electron chi connectivity index (χ0n) is 11.8. The van der Waals surface area contributed by atoms with Gasteiger partial charge >= 0.3 is 24.8 Å². The second-order valence-corrected chi connectivity index (χ2v) is 6.08. The second-order valence-electron chi connectivity index (χ2n) is 4.19. The molecule has 0 atom stereocenters. The zero-order valence-corrected chi connectivity index (χ0v) is 15.9. The number of hydrogen-bond donors (Lipinski definition) is 1. The van der Waals surface area contributed by atoms with Crippen LogP contribution < -0.4 is 0 Å². The smallest absolute Gasteiger partial charge is 0.0990 e. The minimum atomic E-state index is 1.01. The Morgan fingerprint density at radius 2 is 1.78 bits per heavy atom. The summed E-state index contributed by atoms with van der Waals surface area (Å²) in [5.74, 6) is 0. The van der Waals surface area contributed by atoms with Gasteiger partial charge in [0.05, 0.1) is 22.8 Å². The van der Waals surface area contributed by atoms with Crippen molar-refractivity contribution in [2.75, 3.05) is 0 Å². The summed E-state index contributed by atoms with van der Waals surface area (Å²) < 4.78 is 8.71. The fourth-order valence-electron chi connectivity index (χ4n) is 1.86. The Labute approximate surface area is 156 Å². The van der Waals surface area contributed by atoms with E-state index in [-0.39, 0.29) is 0 Å². The van der Waals surface area contributed by atoms with Gasteiger partial charge in [-0.1, -0.05) is 0 Å². The molecule has 0 bridgehead atoms. The van der Waals surface area contributed by atoms with E-state index in [0.29, 0.717) is 0 Å². The van der Waals surface area contributed by atoms with E-state index in [1.54, 1.807) is 25.0 Å². The average Bonchev–Trinajstić information content (AvgIpc) is 3.15. The SMILES string of the molecule is Brc1cc(Br)n2cnccc12.[B]=NS.c1cc2ccncn2c1. The average molecular weight is 452 g/mol. The van der Waals surface area contributed by atoms with Crippen LogP contribution in [-0.4, -0.2) is 26.4 Å². The number of hydrogen-bond acceptors (Lipinski definition) is 4. The monoisotopic (exact) mass is 450 g/mol. The van der Waals surface area contributed by atoms with Crippen molar-refractivity contribution in [3.8, 4) is 0 Å². The summed E-state index contributed by atoms with van der Waals surface area (Å²) in [4.78, 5) is 7.95. The molecule has 1 radical (unpaired) electrons. The molecule has 5 nitrogen and oxygen atoms in total. The molecule has 0 aromatic carbocycles. The number of rotatable bonds is 0. The van der Waals surface area contributed by atoms with Crippen LogP contribution in [0, 0.1) is 0 Å². The van der Waals surface area contributed by atoms with Crippen LogP contribution in [0.25, 0.3) is 11.0 Å². The molecule has 0 amide bonds. The Hall–Kier alpha value is -1.45.